The van der Waals surface area contributed by atoms with E-state index < -0.39 is 17.1 Å². The first-order valence-corrected chi connectivity index (χ1v) is 14.1. The Morgan fingerprint density at radius 2 is 1.26 bits per heavy atom. The highest BCUT2D eigenvalue weighted by Gasteiger charge is 2.49. The lowest BCUT2D eigenvalue weighted by molar-refractivity contribution is -0.0961. The minimum absolute atomic E-state index is 0.0766. The van der Waals surface area contributed by atoms with Gasteiger partial charge in [0.05, 0.1) is 5.41 Å². The summed E-state index contributed by atoms with van der Waals surface area (Å²) in [6.07, 6.45) is 3.53. The zero-order chi connectivity index (χ0) is 17.0. The van der Waals surface area contributed by atoms with Crippen molar-refractivity contribution in [3.63, 3.8) is 0 Å². The molecule has 0 aromatic rings. The molecule has 0 N–H and O–H groups in total. The van der Waals surface area contributed by atoms with E-state index in [1.807, 2.05) is 0 Å². The highest BCUT2D eigenvalue weighted by Crippen LogP contribution is 2.36. The fourth-order valence-electron chi connectivity index (χ4n) is 3.06. The molecule has 0 saturated carbocycles. The first-order valence-electron chi connectivity index (χ1n) is 9.01. The molecule has 2 heterocycles. The Morgan fingerprint density at radius 1 is 0.826 bits per heavy atom. The molecule has 2 saturated heterocycles. The van der Waals surface area contributed by atoms with Gasteiger partial charge in [0.2, 0.25) is 0 Å². The third kappa shape index (κ3) is 5.62. The summed E-state index contributed by atoms with van der Waals surface area (Å²) in [5.41, 5.74) is -0.0766. The topological polar surface area (TPSA) is 40.2 Å². The van der Waals surface area contributed by atoms with Gasteiger partial charge in [0, 0.05) is 26.4 Å². The summed E-state index contributed by atoms with van der Waals surface area (Å²) in [6, 6.07) is 2.16. The first-order chi connectivity index (χ1) is 10.8. The molecular formula is C16H35NO4Si2. The van der Waals surface area contributed by atoms with Gasteiger partial charge in [0.25, 0.3) is 0 Å². The molecule has 5 nitrogen and oxygen atoms in total. The molecule has 2 aliphatic heterocycles. The average molecular weight is 362 g/mol. The lowest BCUT2D eigenvalue weighted by Crippen LogP contribution is -2.60. The van der Waals surface area contributed by atoms with E-state index in [0.29, 0.717) is 0 Å². The van der Waals surface area contributed by atoms with E-state index in [1.54, 1.807) is 0 Å². The van der Waals surface area contributed by atoms with Gasteiger partial charge in [-0.05, 0) is 52.2 Å². The molecule has 0 bridgehead atoms. The van der Waals surface area contributed by atoms with Gasteiger partial charge in [-0.1, -0.05) is 19.8 Å². The maximum atomic E-state index is 6.24. The van der Waals surface area contributed by atoms with Crippen molar-refractivity contribution in [2.45, 2.75) is 51.4 Å². The Balaban J connectivity index is 1.78. The van der Waals surface area contributed by atoms with E-state index in [-0.39, 0.29) is 5.41 Å². The summed E-state index contributed by atoms with van der Waals surface area (Å²) in [5.74, 6) is 0. The van der Waals surface area contributed by atoms with Crippen LogP contribution in [0.2, 0.25) is 25.2 Å². The standard InChI is InChI=1S/C16H35NO4Si2/c1-6-7-10-22(4)18-12-16(13-19-22)14-20-23(5,21-15-16)11-8-9-17(2)3/h6-15H2,1-5H3. The summed E-state index contributed by atoms with van der Waals surface area (Å²) in [7, 11) is 0.279. The summed E-state index contributed by atoms with van der Waals surface area (Å²) in [4.78, 5) is 2.21. The molecule has 2 fully saturated rings. The molecule has 1 spiro atoms. The van der Waals surface area contributed by atoms with Gasteiger partial charge in [-0.15, -0.1) is 0 Å². The van der Waals surface area contributed by atoms with Crippen LogP contribution in [-0.2, 0) is 17.7 Å². The molecule has 0 atom stereocenters. The van der Waals surface area contributed by atoms with Crippen LogP contribution in [0.4, 0.5) is 0 Å². The van der Waals surface area contributed by atoms with Crippen molar-refractivity contribution >= 4 is 17.1 Å². The third-order valence-corrected chi connectivity index (χ3v) is 10.5. The number of hydrogen-bond acceptors (Lipinski definition) is 5. The molecular weight excluding hydrogens is 326 g/mol. The number of rotatable bonds is 7. The number of unbranched alkanes of at least 4 members (excludes halogenated alkanes) is 1. The van der Waals surface area contributed by atoms with E-state index in [1.165, 1.54) is 12.8 Å². The second-order valence-corrected chi connectivity index (χ2v) is 14.6. The van der Waals surface area contributed by atoms with E-state index in [4.69, 9.17) is 17.7 Å². The van der Waals surface area contributed by atoms with Crippen LogP contribution >= 0.6 is 0 Å². The maximum absolute atomic E-state index is 6.24. The molecule has 0 aromatic carbocycles. The Morgan fingerprint density at radius 3 is 1.65 bits per heavy atom. The minimum Gasteiger partial charge on any atom is -0.393 e. The Bertz CT molecular complexity index is 363. The van der Waals surface area contributed by atoms with Crippen molar-refractivity contribution < 1.29 is 17.7 Å². The van der Waals surface area contributed by atoms with Gasteiger partial charge in [0.15, 0.2) is 0 Å². The molecule has 0 unspecified atom stereocenters. The molecule has 0 radical (unpaired) electrons. The van der Waals surface area contributed by atoms with Crippen LogP contribution in [0.5, 0.6) is 0 Å². The normalized spacial score (nSPS) is 38.3. The smallest absolute Gasteiger partial charge is 0.335 e. The first kappa shape index (κ1) is 19.6. The summed E-state index contributed by atoms with van der Waals surface area (Å²) >= 11 is 0. The van der Waals surface area contributed by atoms with Gasteiger partial charge in [-0.2, -0.15) is 0 Å². The third-order valence-electron chi connectivity index (χ3n) is 4.96. The van der Waals surface area contributed by atoms with Crippen molar-refractivity contribution in [1.82, 2.24) is 4.90 Å². The van der Waals surface area contributed by atoms with Crippen molar-refractivity contribution in [1.29, 1.82) is 0 Å². The quantitative estimate of drug-likeness (QED) is 0.652. The van der Waals surface area contributed by atoms with Crippen molar-refractivity contribution in [2.75, 3.05) is 47.1 Å². The van der Waals surface area contributed by atoms with Gasteiger partial charge in [-0.25, -0.2) is 0 Å². The molecule has 0 amide bonds. The monoisotopic (exact) mass is 361 g/mol. The van der Waals surface area contributed by atoms with Gasteiger partial charge < -0.3 is 22.6 Å². The summed E-state index contributed by atoms with van der Waals surface area (Å²) in [5, 5.41) is 0. The van der Waals surface area contributed by atoms with Crippen LogP contribution in [-0.4, -0.2) is 69.1 Å². The highest BCUT2D eigenvalue weighted by molar-refractivity contribution is 6.66. The SMILES string of the molecule is CCCC[Si]1(C)OCC2(CO1)CO[Si](C)(CCCN(C)C)OC2. The fourth-order valence-corrected chi connectivity index (χ4v) is 8.05. The van der Waals surface area contributed by atoms with Crippen molar-refractivity contribution in [3.8, 4) is 0 Å². The van der Waals surface area contributed by atoms with Crippen molar-refractivity contribution in [2.24, 2.45) is 5.41 Å². The van der Waals surface area contributed by atoms with E-state index in [2.05, 4.69) is 39.0 Å². The molecule has 23 heavy (non-hydrogen) atoms. The van der Waals surface area contributed by atoms with Crippen LogP contribution in [0.15, 0.2) is 0 Å². The number of hydrogen-bond donors (Lipinski definition) is 0. The lowest BCUT2D eigenvalue weighted by atomic mass is 9.93. The largest absolute Gasteiger partial charge is 0.393 e. The molecule has 0 aromatic heterocycles. The molecule has 0 aliphatic carbocycles. The average Bonchev–Trinajstić information content (AvgIpc) is 2.52. The zero-order valence-electron chi connectivity index (χ0n) is 15.7. The highest BCUT2D eigenvalue weighted by atomic mass is 28.4. The van der Waals surface area contributed by atoms with Gasteiger partial charge >= 0.3 is 17.1 Å². The summed E-state index contributed by atoms with van der Waals surface area (Å²) in [6.45, 7) is 10.6. The molecule has 2 aliphatic rings. The van der Waals surface area contributed by atoms with Crippen LogP contribution < -0.4 is 0 Å². The molecule has 136 valence electrons. The predicted octanol–water partition coefficient (Wildman–Crippen LogP) is 2.96. The van der Waals surface area contributed by atoms with Crippen molar-refractivity contribution in [3.05, 3.63) is 0 Å². The van der Waals surface area contributed by atoms with Gasteiger partial charge in [0.1, 0.15) is 0 Å². The lowest BCUT2D eigenvalue weighted by Gasteiger charge is -2.48. The molecule has 2 rings (SSSR count). The Labute approximate surface area is 144 Å². The minimum atomic E-state index is -2.00. The Hall–Kier alpha value is 0.234. The van der Waals surface area contributed by atoms with Crippen LogP contribution in [0.1, 0.15) is 26.2 Å². The zero-order valence-corrected chi connectivity index (χ0v) is 17.7. The van der Waals surface area contributed by atoms with E-state index in [9.17, 15) is 0 Å². The Kier molecular flexibility index (Phi) is 6.87. The number of nitrogens with zero attached hydrogens (tertiary/aromatic N) is 1. The second kappa shape index (κ2) is 8.08. The van der Waals surface area contributed by atoms with Crippen LogP contribution in [0.25, 0.3) is 0 Å². The molecule has 7 heteroatoms. The van der Waals surface area contributed by atoms with E-state index >= 15 is 0 Å². The summed E-state index contributed by atoms with van der Waals surface area (Å²) < 4.78 is 24.9. The van der Waals surface area contributed by atoms with Crippen LogP contribution in [0.3, 0.4) is 0 Å². The second-order valence-electron chi connectivity index (χ2n) is 7.93. The van der Waals surface area contributed by atoms with Gasteiger partial charge in [-0.3, -0.25) is 0 Å². The predicted molar refractivity (Wildman–Crippen MR) is 97.2 cm³/mol. The fraction of sp³-hybridized carbons (Fsp3) is 1.00. The maximum Gasteiger partial charge on any atom is 0.335 e. The van der Waals surface area contributed by atoms with Crippen LogP contribution in [0, 0.1) is 5.41 Å². The van der Waals surface area contributed by atoms with E-state index in [0.717, 1.165) is 51.5 Å².